The minimum atomic E-state index is -0.595. The average Bonchev–Trinajstić information content (AvgIpc) is 3.36. The molecule has 0 saturated heterocycles. The van der Waals surface area contributed by atoms with Gasteiger partial charge in [-0.1, -0.05) is 0 Å². The first-order valence-electron chi connectivity index (χ1n) is 9.28. The van der Waals surface area contributed by atoms with Crippen molar-refractivity contribution in [3.05, 3.63) is 53.6 Å². The highest BCUT2D eigenvalue weighted by Gasteiger charge is 2.26. The number of fused-ring (bicyclic) bond motifs is 2. The van der Waals surface area contributed by atoms with E-state index in [1.165, 1.54) is 36.7 Å². The summed E-state index contributed by atoms with van der Waals surface area (Å²) in [4.78, 5) is 16.4. The van der Waals surface area contributed by atoms with Crippen LogP contribution in [0.5, 0.6) is 0 Å². The van der Waals surface area contributed by atoms with E-state index in [1.807, 2.05) is 19.1 Å². The van der Waals surface area contributed by atoms with Gasteiger partial charge in [0.15, 0.2) is 0 Å². The highest BCUT2D eigenvalue weighted by Crippen LogP contribution is 2.36. The minimum absolute atomic E-state index is 0.127. The molecule has 142 valence electrons. The van der Waals surface area contributed by atoms with E-state index in [1.54, 1.807) is 6.20 Å². The maximum atomic E-state index is 14.8. The van der Waals surface area contributed by atoms with E-state index >= 15 is 0 Å². The van der Waals surface area contributed by atoms with Crippen LogP contribution in [-0.2, 0) is 11.3 Å². The monoisotopic (exact) mass is 378 g/mol. The van der Waals surface area contributed by atoms with Crippen LogP contribution in [0.3, 0.4) is 0 Å². The van der Waals surface area contributed by atoms with E-state index in [4.69, 9.17) is 4.74 Å². The third-order valence-corrected chi connectivity index (χ3v) is 5.37. The quantitative estimate of drug-likeness (QED) is 0.504. The molecule has 4 heterocycles. The summed E-state index contributed by atoms with van der Waals surface area (Å²) in [5.41, 5.74) is 3.74. The van der Waals surface area contributed by atoms with Crippen LogP contribution in [0.15, 0.2) is 36.7 Å². The number of aryl methyl sites for hydroxylation is 1. The summed E-state index contributed by atoms with van der Waals surface area (Å²) < 4.78 is 23.1. The fourth-order valence-corrected chi connectivity index (χ4v) is 3.77. The van der Waals surface area contributed by atoms with Gasteiger partial charge in [-0.25, -0.2) is 18.7 Å². The maximum absolute atomic E-state index is 14.8. The second-order valence-electron chi connectivity index (χ2n) is 7.33. The molecule has 1 aliphatic carbocycles. The van der Waals surface area contributed by atoms with Gasteiger partial charge in [0.2, 0.25) is 0 Å². The van der Waals surface area contributed by atoms with Gasteiger partial charge in [-0.3, -0.25) is 0 Å². The average molecular weight is 378 g/mol. The Morgan fingerprint density at radius 3 is 2.93 bits per heavy atom. The van der Waals surface area contributed by atoms with Gasteiger partial charge in [-0.15, -0.1) is 0 Å². The molecular formula is C21H19FN4O2. The Hall–Kier alpha value is -3.22. The molecule has 0 atom stereocenters. The molecule has 4 aromatic heterocycles. The molecule has 28 heavy (non-hydrogen) atoms. The number of pyridine rings is 2. The summed E-state index contributed by atoms with van der Waals surface area (Å²) in [6.07, 6.45) is 5.72. The predicted octanol–water partition coefficient (Wildman–Crippen LogP) is 4.00. The number of methoxy groups -OCH3 is 1. The second kappa shape index (κ2) is 6.15. The molecule has 0 spiro atoms. The summed E-state index contributed by atoms with van der Waals surface area (Å²) in [6.45, 7) is 2.73. The summed E-state index contributed by atoms with van der Waals surface area (Å²) >= 11 is 0. The van der Waals surface area contributed by atoms with Gasteiger partial charge in [-0.2, -0.15) is 5.10 Å². The molecule has 0 N–H and O–H groups in total. The summed E-state index contributed by atoms with van der Waals surface area (Å²) in [6, 6.07) is 7.18. The zero-order chi connectivity index (χ0) is 19.4. The molecular weight excluding hydrogens is 359 g/mol. The highest BCUT2D eigenvalue weighted by atomic mass is 19.1. The van der Waals surface area contributed by atoms with Gasteiger partial charge in [0.1, 0.15) is 22.7 Å². The Labute approximate surface area is 160 Å². The van der Waals surface area contributed by atoms with Gasteiger partial charge in [-0.05, 0) is 49.9 Å². The van der Waals surface area contributed by atoms with E-state index < -0.39 is 11.8 Å². The number of nitrogens with zero attached hydrogens (tertiary/aromatic N) is 4. The topological polar surface area (TPSA) is 61.4 Å². The number of hydrogen-bond donors (Lipinski definition) is 0. The molecule has 5 rings (SSSR count). The molecule has 1 aliphatic rings. The number of aromatic nitrogens is 4. The SMILES string of the molecule is COC(=O)c1cc(F)c2c(C)c(-c3cc4cccnc4n3CC3CC3)nn2c1. The summed E-state index contributed by atoms with van der Waals surface area (Å²) in [7, 11) is 1.27. The second-order valence-corrected chi connectivity index (χ2v) is 7.33. The van der Waals surface area contributed by atoms with Gasteiger partial charge in [0.05, 0.1) is 18.4 Å². The lowest BCUT2D eigenvalue weighted by atomic mass is 10.1. The van der Waals surface area contributed by atoms with Crippen LogP contribution in [0.25, 0.3) is 27.9 Å². The van der Waals surface area contributed by atoms with Crippen molar-refractivity contribution in [3.63, 3.8) is 0 Å². The third-order valence-electron chi connectivity index (χ3n) is 5.37. The Bertz CT molecular complexity index is 1240. The van der Waals surface area contributed by atoms with Crippen LogP contribution in [0.2, 0.25) is 0 Å². The van der Waals surface area contributed by atoms with Crippen LogP contribution in [-0.4, -0.2) is 32.2 Å². The van der Waals surface area contributed by atoms with Crippen molar-refractivity contribution in [1.82, 2.24) is 19.2 Å². The van der Waals surface area contributed by atoms with Crippen molar-refractivity contribution in [2.24, 2.45) is 5.92 Å². The van der Waals surface area contributed by atoms with Crippen molar-refractivity contribution in [2.45, 2.75) is 26.3 Å². The van der Waals surface area contributed by atoms with Gasteiger partial charge < -0.3 is 9.30 Å². The number of ether oxygens (including phenoxy) is 1. The van der Waals surface area contributed by atoms with Gasteiger partial charge in [0, 0.05) is 29.9 Å². The van der Waals surface area contributed by atoms with Crippen LogP contribution in [0.1, 0.15) is 28.8 Å². The molecule has 4 aromatic rings. The van der Waals surface area contributed by atoms with Crippen molar-refractivity contribution in [2.75, 3.05) is 7.11 Å². The van der Waals surface area contributed by atoms with Gasteiger partial charge in [0.25, 0.3) is 0 Å². The molecule has 0 aromatic carbocycles. The van der Waals surface area contributed by atoms with Crippen LogP contribution >= 0.6 is 0 Å². The first-order valence-corrected chi connectivity index (χ1v) is 9.28. The van der Waals surface area contributed by atoms with Crippen molar-refractivity contribution >= 4 is 22.5 Å². The Balaban J connectivity index is 1.74. The standard InChI is InChI=1S/C21H19FN4O2/c1-12-18(24-26-11-15(21(27)28-2)8-16(22)19(12)26)17-9-14-4-3-7-23-20(14)25(17)10-13-5-6-13/h3-4,7-9,11,13H,5-6,10H2,1-2H3. The van der Waals surface area contributed by atoms with E-state index in [0.29, 0.717) is 17.1 Å². The predicted molar refractivity (Wildman–Crippen MR) is 103 cm³/mol. The summed E-state index contributed by atoms with van der Waals surface area (Å²) in [5.74, 6) is -0.443. The van der Waals surface area contributed by atoms with Crippen LogP contribution in [0, 0.1) is 18.7 Å². The van der Waals surface area contributed by atoms with E-state index in [-0.39, 0.29) is 5.56 Å². The van der Waals surface area contributed by atoms with Crippen molar-refractivity contribution in [3.8, 4) is 11.4 Å². The minimum Gasteiger partial charge on any atom is -0.465 e. The molecule has 1 saturated carbocycles. The first-order chi connectivity index (χ1) is 13.6. The van der Waals surface area contributed by atoms with Crippen LogP contribution in [0.4, 0.5) is 4.39 Å². The lowest BCUT2D eigenvalue weighted by Crippen LogP contribution is -2.05. The molecule has 1 fully saturated rings. The van der Waals surface area contributed by atoms with E-state index in [0.717, 1.165) is 28.8 Å². The molecule has 0 aliphatic heterocycles. The zero-order valence-electron chi connectivity index (χ0n) is 15.6. The number of rotatable bonds is 4. The lowest BCUT2D eigenvalue weighted by Gasteiger charge is -2.08. The lowest BCUT2D eigenvalue weighted by molar-refractivity contribution is 0.0599. The molecule has 0 amide bonds. The molecule has 6 nitrogen and oxygen atoms in total. The maximum Gasteiger partial charge on any atom is 0.339 e. The fraction of sp³-hybridized carbons (Fsp3) is 0.286. The number of carbonyl (C=O) groups excluding carboxylic acids is 1. The van der Waals surface area contributed by atoms with E-state index in [9.17, 15) is 9.18 Å². The number of hydrogen-bond acceptors (Lipinski definition) is 4. The Morgan fingerprint density at radius 1 is 1.36 bits per heavy atom. The molecule has 7 heteroatoms. The molecule has 0 unspecified atom stereocenters. The largest absolute Gasteiger partial charge is 0.465 e. The highest BCUT2D eigenvalue weighted by molar-refractivity contribution is 5.90. The number of halogens is 1. The van der Waals surface area contributed by atoms with Gasteiger partial charge >= 0.3 is 5.97 Å². The number of esters is 1. The van der Waals surface area contributed by atoms with Crippen LogP contribution < -0.4 is 0 Å². The normalized spacial score (nSPS) is 14.1. The number of carbonyl (C=O) groups is 1. The molecule has 0 radical (unpaired) electrons. The third kappa shape index (κ3) is 2.58. The van der Waals surface area contributed by atoms with E-state index in [2.05, 4.69) is 20.7 Å². The smallest absolute Gasteiger partial charge is 0.339 e. The van der Waals surface area contributed by atoms with Crippen molar-refractivity contribution in [1.29, 1.82) is 0 Å². The fourth-order valence-electron chi connectivity index (χ4n) is 3.77. The molecule has 0 bridgehead atoms. The summed E-state index contributed by atoms with van der Waals surface area (Å²) in [5, 5.41) is 5.66. The van der Waals surface area contributed by atoms with Crippen molar-refractivity contribution < 1.29 is 13.9 Å². The zero-order valence-corrected chi connectivity index (χ0v) is 15.6. The Kier molecular flexibility index (Phi) is 3.72. The first kappa shape index (κ1) is 16.9. The Morgan fingerprint density at radius 2 is 2.18 bits per heavy atom.